The van der Waals surface area contributed by atoms with Gasteiger partial charge in [-0.1, -0.05) is 12.7 Å². The number of hydrogen-bond acceptors (Lipinski definition) is 9. The van der Waals surface area contributed by atoms with Gasteiger partial charge in [0.1, 0.15) is 29.6 Å². The Kier molecular flexibility index (Phi) is 5.76. The number of nitrogens with zero attached hydrogens (tertiary/aromatic N) is 1. The summed E-state index contributed by atoms with van der Waals surface area (Å²) in [4.78, 5) is 15.4. The quantitative estimate of drug-likeness (QED) is 0.372. The molecule has 10 nitrogen and oxygen atoms in total. The van der Waals surface area contributed by atoms with Crippen molar-refractivity contribution < 1.29 is 53.0 Å². The van der Waals surface area contributed by atoms with Gasteiger partial charge in [-0.25, -0.2) is 18.6 Å². The lowest BCUT2D eigenvalue weighted by Crippen LogP contribution is -2.61. The number of rotatable bonds is 5. The molecule has 4 rings (SSSR count). The zero-order chi connectivity index (χ0) is 24.0. The number of aromatic nitrogens is 1. The van der Waals surface area contributed by atoms with Gasteiger partial charge in [-0.2, -0.15) is 0 Å². The van der Waals surface area contributed by atoms with Gasteiger partial charge in [-0.3, -0.25) is 0 Å². The SMILES string of the molecule is C=Cc1cc(O[C@@H]2O[C@H](C(=O)O)[C@@H](O)[C@H](O)[C@H]2O)cc2nc(-c3cc(F)c(O)c(F)c3)oc12. The number of oxazole rings is 1. The van der Waals surface area contributed by atoms with E-state index in [0.717, 1.165) is 12.1 Å². The first kappa shape index (κ1) is 22.6. The van der Waals surface area contributed by atoms with Gasteiger partial charge in [0.05, 0.1) is 0 Å². The summed E-state index contributed by atoms with van der Waals surface area (Å²) in [5, 5.41) is 48.3. The van der Waals surface area contributed by atoms with Crippen molar-refractivity contribution in [3.63, 3.8) is 0 Å². The maximum absolute atomic E-state index is 13.7. The first-order valence-electron chi connectivity index (χ1n) is 9.45. The molecule has 1 saturated heterocycles. The highest BCUT2D eigenvalue weighted by Gasteiger charge is 2.48. The van der Waals surface area contributed by atoms with Gasteiger partial charge in [0.15, 0.2) is 29.1 Å². The summed E-state index contributed by atoms with van der Waals surface area (Å²) in [5.41, 5.74) is 0.544. The number of benzene rings is 2. The standard InChI is InChI=1S/C21H17F2NO9/c1-2-7-3-9(31-21-16(28)14(26)15(27)18(33-21)20(29)30)6-12-17(7)32-19(24-12)8-4-10(22)13(25)11(23)5-8/h2-6,14-16,18,21,25-28H,1H2,(H,29,30)/t14-,15-,16+,18-,21+/m0/s1. The predicted octanol–water partition coefficient (Wildman–Crippen LogP) is 1.39. The van der Waals surface area contributed by atoms with Crippen LogP contribution in [0.2, 0.25) is 0 Å². The number of aliphatic carboxylic acids is 1. The molecule has 2 aromatic carbocycles. The summed E-state index contributed by atoms with van der Waals surface area (Å²) in [5.74, 6) is -5.32. The topological polar surface area (TPSA) is 163 Å². The normalized spacial score (nSPS) is 25.2. The molecule has 174 valence electrons. The molecule has 2 heterocycles. The second-order valence-electron chi connectivity index (χ2n) is 7.23. The third-order valence-corrected chi connectivity index (χ3v) is 5.04. The number of carboxylic acid groups (broad SMARTS) is 1. The second-order valence-corrected chi connectivity index (χ2v) is 7.23. The Hall–Kier alpha value is -3.58. The third-order valence-electron chi connectivity index (χ3n) is 5.04. The van der Waals surface area contributed by atoms with Crippen LogP contribution >= 0.6 is 0 Å². The van der Waals surface area contributed by atoms with Crippen molar-refractivity contribution in [2.75, 3.05) is 0 Å². The van der Waals surface area contributed by atoms with Crippen LogP contribution in [0.3, 0.4) is 0 Å². The van der Waals surface area contributed by atoms with Crippen LogP contribution in [0.1, 0.15) is 5.56 Å². The highest BCUT2D eigenvalue weighted by Crippen LogP contribution is 2.34. The molecule has 0 unspecified atom stereocenters. The lowest BCUT2D eigenvalue weighted by Gasteiger charge is -2.38. The molecule has 3 aromatic rings. The Morgan fingerprint density at radius 3 is 2.36 bits per heavy atom. The van der Waals surface area contributed by atoms with Gasteiger partial charge in [0.25, 0.3) is 0 Å². The van der Waals surface area contributed by atoms with Crippen molar-refractivity contribution in [1.29, 1.82) is 0 Å². The zero-order valence-corrected chi connectivity index (χ0v) is 16.6. The average molecular weight is 465 g/mol. The number of phenols is 1. The molecular weight excluding hydrogens is 448 g/mol. The number of phenolic OH excluding ortho intramolecular Hbond substituents is 1. The molecule has 12 heteroatoms. The van der Waals surface area contributed by atoms with E-state index >= 15 is 0 Å². The summed E-state index contributed by atoms with van der Waals surface area (Å²) < 4.78 is 43.6. The maximum atomic E-state index is 13.7. The van der Waals surface area contributed by atoms with Crippen LogP contribution in [0.5, 0.6) is 11.5 Å². The highest BCUT2D eigenvalue weighted by molar-refractivity contribution is 5.86. The maximum Gasteiger partial charge on any atom is 0.335 e. The van der Waals surface area contributed by atoms with Gasteiger partial charge >= 0.3 is 5.97 Å². The fraction of sp³-hybridized carbons (Fsp3) is 0.238. The Bertz CT molecular complexity index is 1220. The van der Waals surface area contributed by atoms with Crippen molar-refractivity contribution >= 4 is 23.1 Å². The number of aliphatic hydroxyl groups is 3. The lowest BCUT2D eigenvalue weighted by molar-refractivity contribution is -0.271. The number of aliphatic hydroxyl groups excluding tert-OH is 3. The van der Waals surface area contributed by atoms with Gasteiger partial charge in [-0.05, 0) is 18.2 Å². The molecule has 1 aliphatic heterocycles. The van der Waals surface area contributed by atoms with Crippen LogP contribution in [0, 0.1) is 11.6 Å². The smallest absolute Gasteiger partial charge is 0.335 e. The number of carbonyl (C=O) groups is 1. The predicted molar refractivity (Wildman–Crippen MR) is 106 cm³/mol. The van der Waals surface area contributed by atoms with Gasteiger partial charge < -0.3 is 39.4 Å². The Morgan fingerprint density at radius 1 is 1.09 bits per heavy atom. The Labute approximate surface area is 183 Å². The lowest BCUT2D eigenvalue weighted by atomic mass is 9.99. The fourth-order valence-corrected chi connectivity index (χ4v) is 3.35. The molecule has 0 aliphatic carbocycles. The van der Waals surface area contributed by atoms with Crippen LogP contribution in [0.25, 0.3) is 28.6 Å². The number of hydrogen-bond donors (Lipinski definition) is 5. The first-order chi connectivity index (χ1) is 15.6. The van der Waals surface area contributed by atoms with Crippen LogP contribution in [-0.4, -0.2) is 67.2 Å². The number of fused-ring (bicyclic) bond motifs is 1. The van der Waals surface area contributed by atoms with E-state index in [9.17, 15) is 34.0 Å². The minimum absolute atomic E-state index is 0.00269. The van der Waals surface area contributed by atoms with E-state index in [2.05, 4.69) is 11.6 Å². The van der Waals surface area contributed by atoms with Crippen LogP contribution in [-0.2, 0) is 9.53 Å². The third kappa shape index (κ3) is 4.00. The number of ether oxygens (including phenoxy) is 2. The summed E-state index contributed by atoms with van der Waals surface area (Å²) in [7, 11) is 0. The van der Waals surface area contributed by atoms with E-state index < -0.39 is 54.1 Å². The van der Waals surface area contributed by atoms with E-state index in [1.807, 2.05) is 0 Å². The molecule has 5 N–H and O–H groups in total. The zero-order valence-electron chi connectivity index (χ0n) is 16.6. The molecule has 0 bridgehead atoms. The van der Waals surface area contributed by atoms with E-state index in [-0.39, 0.29) is 28.3 Å². The van der Waals surface area contributed by atoms with Crippen LogP contribution < -0.4 is 4.74 Å². The summed E-state index contributed by atoms with van der Waals surface area (Å²) in [6, 6.07) is 4.36. The van der Waals surface area contributed by atoms with Gasteiger partial charge in [0, 0.05) is 17.2 Å². The van der Waals surface area contributed by atoms with Gasteiger partial charge in [-0.15, -0.1) is 0 Å². The average Bonchev–Trinajstić information content (AvgIpc) is 3.21. The molecule has 0 saturated carbocycles. The van der Waals surface area contributed by atoms with E-state index in [1.165, 1.54) is 18.2 Å². The highest BCUT2D eigenvalue weighted by atomic mass is 19.1. The molecule has 0 radical (unpaired) electrons. The molecule has 1 fully saturated rings. The monoisotopic (exact) mass is 465 g/mol. The summed E-state index contributed by atoms with van der Waals surface area (Å²) in [6.45, 7) is 3.64. The van der Waals surface area contributed by atoms with Crippen LogP contribution in [0.4, 0.5) is 8.78 Å². The molecule has 33 heavy (non-hydrogen) atoms. The van der Waals surface area contributed by atoms with E-state index in [1.54, 1.807) is 0 Å². The van der Waals surface area contributed by atoms with Crippen molar-refractivity contribution in [2.45, 2.75) is 30.7 Å². The van der Waals surface area contributed by atoms with E-state index in [4.69, 9.17) is 19.0 Å². The van der Waals surface area contributed by atoms with Gasteiger partial charge in [0.2, 0.25) is 12.2 Å². The van der Waals surface area contributed by atoms with E-state index in [0.29, 0.717) is 5.56 Å². The Morgan fingerprint density at radius 2 is 1.76 bits per heavy atom. The number of aromatic hydroxyl groups is 1. The van der Waals surface area contributed by atoms with Crippen molar-refractivity contribution in [3.8, 4) is 23.0 Å². The minimum atomic E-state index is -1.88. The molecule has 1 aromatic heterocycles. The fourth-order valence-electron chi connectivity index (χ4n) is 3.35. The van der Waals surface area contributed by atoms with Crippen molar-refractivity contribution in [1.82, 2.24) is 4.98 Å². The number of halogens is 2. The van der Waals surface area contributed by atoms with Crippen molar-refractivity contribution in [2.24, 2.45) is 0 Å². The molecule has 0 amide bonds. The number of carboxylic acids is 1. The summed E-state index contributed by atoms with van der Waals surface area (Å²) >= 11 is 0. The van der Waals surface area contributed by atoms with Crippen molar-refractivity contribution in [3.05, 3.63) is 48.0 Å². The largest absolute Gasteiger partial charge is 0.503 e. The van der Waals surface area contributed by atoms with Crippen LogP contribution in [0.15, 0.2) is 35.3 Å². The molecule has 1 aliphatic rings. The summed E-state index contributed by atoms with van der Waals surface area (Å²) in [6.07, 6.45) is -7.67. The molecule has 5 atom stereocenters. The molecule has 0 spiro atoms. The molecular formula is C21H17F2NO9. The minimum Gasteiger partial charge on any atom is -0.503 e. The first-order valence-corrected chi connectivity index (χ1v) is 9.45. The Balaban J connectivity index is 1.70. The second kappa shape index (κ2) is 8.41.